The van der Waals surface area contributed by atoms with Gasteiger partial charge in [0.1, 0.15) is 0 Å². The molecule has 2 aromatic carbocycles. The number of para-hydroxylation sites is 1. The van der Waals surface area contributed by atoms with E-state index >= 15 is 0 Å². The van der Waals surface area contributed by atoms with E-state index in [1.807, 2.05) is 0 Å². The Hall–Kier alpha value is -3.04. The summed E-state index contributed by atoms with van der Waals surface area (Å²) in [4.78, 5) is 17.1. The molecule has 1 aliphatic rings. The number of amides is 1. The maximum atomic E-state index is 12.8. The zero-order chi connectivity index (χ0) is 20.4. The number of sulfonamides is 1. The number of nitrogens with zero attached hydrogens (tertiary/aromatic N) is 3. The van der Waals surface area contributed by atoms with Gasteiger partial charge in [-0.1, -0.05) is 23.4 Å². The second-order valence-electron chi connectivity index (χ2n) is 6.78. The van der Waals surface area contributed by atoms with Gasteiger partial charge in [0.05, 0.1) is 10.6 Å². The molecule has 1 aromatic heterocycles. The average Bonchev–Trinajstić information content (AvgIpc) is 3.41. The summed E-state index contributed by atoms with van der Waals surface area (Å²) in [5.41, 5.74) is 1.37. The number of hydrogen-bond donors (Lipinski definition) is 1. The van der Waals surface area contributed by atoms with E-state index < -0.39 is 15.9 Å². The van der Waals surface area contributed by atoms with Crippen molar-refractivity contribution in [3.63, 3.8) is 0 Å². The predicted molar refractivity (Wildman–Crippen MR) is 107 cm³/mol. The SMILES string of the molecule is Cc1nc(-c2ccccc2NC(=O)c2cccc(S(=O)(=O)N3CCCC3)c2)no1. The fourth-order valence-electron chi connectivity index (χ4n) is 3.27. The van der Waals surface area contributed by atoms with Gasteiger partial charge in [0.15, 0.2) is 0 Å². The van der Waals surface area contributed by atoms with Crippen molar-refractivity contribution in [2.24, 2.45) is 0 Å². The summed E-state index contributed by atoms with van der Waals surface area (Å²) in [6.07, 6.45) is 1.71. The minimum Gasteiger partial charge on any atom is -0.339 e. The Labute approximate surface area is 168 Å². The second kappa shape index (κ2) is 7.76. The lowest BCUT2D eigenvalue weighted by molar-refractivity contribution is 0.102. The molecule has 1 fully saturated rings. The Morgan fingerprint density at radius 3 is 2.59 bits per heavy atom. The highest BCUT2D eigenvalue weighted by Crippen LogP contribution is 2.26. The Kier molecular flexibility index (Phi) is 5.16. The Bertz CT molecular complexity index is 1150. The number of carbonyl (C=O) groups excluding carboxylic acids is 1. The number of carbonyl (C=O) groups is 1. The number of nitrogens with one attached hydrogen (secondary N) is 1. The summed E-state index contributed by atoms with van der Waals surface area (Å²) in [6.45, 7) is 2.70. The van der Waals surface area contributed by atoms with Crippen LogP contribution in [-0.4, -0.2) is 41.9 Å². The van der Waals surface area contributed by atoms with Crippen LogP contribution in [0, 0.1) is 6.92 Å². The number of benzene rings is 2. The van der Waals surface area contributed by atoms with Gasteiger partial charge in [-0.3, -0.25) is 4.79 Å². The minimum atomic E-state index is -3.60. The number of rotatable bonds is 5. The molecule has 8 nitrogen and oxygen atoms in total. The molecule has 0 unspecified atom stereocenters. The topological polar surface area (TPSA) is 105 Å². The molecule has 0 bridgehead atoms. The second-order valence-corrected chi connectivity index (χ2v) is 8.71. The summed E-state index contributed by atoms with van der Waals surface area (Å²) >= 11 is 0. The first-order valence-corrected chi connectivity index (χ1v) is 10.7. The quantitative estimate of drug-likeness (QED) is 0.690. The van der Waals surface area contributed by atoms with Gasteiger partial charge < -0.3 is 9.84 Å². The monoisotopic (exact) mass is 412 g/mol. The Morgan fingerprint density at radius 1 is 1.10 bits per heavy atom. The summed E-state index contributed by atoms with van der Waals surface area (Å²) in [5, 5.41) is 6.71. The van der Waals surface area contributed by atoms with E-state index in [0.29, 0.717) is 36.1 Å². The van der Waals surface area contributed by atoms with Crippen molar-refractivity contribution < 1.29 is 17.7 Å². The van der Waals surface area contributed by atoms with Crippen LogP contribution in [0.15, 0.2) is 57.9 Å². The molecule has 1 saturated heterocycles. The maximum absolute atomic E-state index is 12.8. The molecule has 29 heavy (non-hydrogen) atoms. The van der Waals surface area contributed by atoms with E-state index in [0.717, 1.165) is 12.8 Å². The maximum Gasteiger partial charge on any atom is 0.255 e. The molecule has 0 aliphatic carbocycles. The molecule has 2 heterocycles. The van der Waals surface area contributed by atoms with Crippen LogP contribution in [0.3, 0.4) is 0 Å². The van der Waals surface area contributed by atoms with Crippen LogP contribution in [-0.2, 0) is 10.0 Å². The molecule has 150 valence electrons. The van der Waals surface area contributed by atoms with E-state index in [2.05, 4.69) is 15.5 Å². The van der Waals surface area contributed by atoms with Crippen molar-refractivity contribution >= 4 is 21.6 Å². The smallest absolute Gasteiger partial charge is 0.255 e. The third kappa shape index (κ3) is 3.92. The minimum absolute atomic E-state index is 0.120. The van der Waals surface area contributed by atoms with Crippen LogP contribution >= 0.6 is 0 Å². The number of aromatic nitrogens is 2. The van der Waals surface area contributed by atoms with Gasteiger partial charge in [-0.2, -0.15) is 9.29 Å². The molecular weight excluding hydrogens is 392 g/mol. The molecule has 3 aromatic rings. The fraction of sp³-hybridized carbons (Fsp3) is 0.250. The van der Waals surface area contributed by atoms with Gasteiger partial charge in [0, 0.05) is 31.1 Å². The van der Waals surface area contributed by atoms with E-state index in [4.69, 9.17) is 4.52 Å². The third-order valence-electron chi connectivity index (χ3n) is 4.74. The van der Waals surface area contributed by atoms with Crippen molar-refractivity contribution in [3.8, 4) is 11.4 Å². The van der Waals surface area contributed by atoms with Crippen LogP contribution in [0.25, 0.3) is 11.4 Å². The molecule has 0 atom stereocenters. The summed E-state index contributed by atoms with van der Waals surface area (Å²) in [6, 6.07) is 13.2. The van der Waals surface area contributed by atoms with Crippen molar-refractivity contribution in [1.29, 1.82) is 0 Å². The van der Waals surface area contributed by atoms with Gasteiger partial charge in [-0.25, -0.2) is 8.42 Å². The van der Waals surface area contributed by atoms with Crippen molar-refractivity contribution in [2.45, 2.75) is 24.7 Å². The van der Waals surface area contributed by atoms with Gasteiger partial charge in [0.25, 0.3) is 5.91 Å². The highest BCUT2D eigenvalue weighted by Gasteiger charge is 2.27. The standard InChI is InChI=1S/C20H20N4O4S/c1-14-21-19(23-28-14)17-9-2-3-10-18(17)22-20(25)15-7-6-8-16(13-15)29(26,27)24-11-4-5-12-24/h2-3,6-10,13H,4-5,11-12H2,1H3,(H,22,25). The van der Waals surface area contributed by atoms with E-state index in [1.165, 1.54) is 16.4 Å². The first-order chi connectivity index (χ1) is 13.9. The third-order valence-corrected chi connectivity index (χ3v) is 6.64. The van der Waals surface area contributed by atoms with Crippen LogP contribution in [0.4, 0.5) is 5.69 Å². The van der Waals surface area contributed by atoms with Crippen molar-refractivity contribution in [3.05, 3.63) is 60.0 Å². The lowest BCUT2D eigenvalue weighted by Gasteiger charge is -2.16. The van der Waals surface area contributed by atoms with Gasteiger partial charge in [-0.15, -0.1) is 0 Å². The van der Waals surface area contributed by atoms with Crippen LogP contribution < -0.4 is 5.32 Å². The first-order valence-electron chi connectivity index (χ1n) is 9.26. The van der Waals surface area contributed by atoms with E-state index in [9.17, 15) is 13.2 Å². The van der Waals surface area contributed by atoms with E-state index in [-0.39, 0.29) is 10.5 Å². The molecule has 1 amide bonds. The van der Waals surface area contributed by atoms with Crippen LogP contribution in [0.2, 0.25) is 0 Å². The molecule has 0 saturated carbocycles. The van der Waals surface area contributed by atoms with Crippen LogP contribution in [0.1, 0.15) is 29.1 Å². The number of anilines is 1. The Balaban J connectivity index is 1.61. The lowest BCUT2D eigenvalue weighted by Crippen LogP contribution is -2.28. The van der Waals surface area contributed by atoms with Crippen molar-refractivity contribution in [1.82, 2.24) is 14.4 Å². The van der Waals surface area contributed by atoms with E-state index in [1.54, 1.807) is 43.3 Å². The summed E-state index contributed by atoms with van der Waals surface area (Å²) < 4.78 is 32.0. The summed E-state index contributed by atoms with van der Waals surface area (Å²) in [5.74, 6) is 0.362. The first kappa shape index (κ1) is 19.3. The molecule has 0 spiro atoms. The molecule has 0 radical (unpaired) electrons. The highest BCUT2D eigenvalue weighted by molar-refractivity contribution is 7.89. The van der Waals surface area contributed by atoms with Gasteiger partial charge in [0.2, 0.25) is 21.7 Å². The van der Waals surface area contributed by atoms with Gasteiger partial charge >= 0.3 is 0 Å². The summed E-state index contributed by atoms with van der Waals surface area (Å²) in [7, 11) is -3.60. The highest BCUT2D eigenvalue weighted by atomic mass is 32.2. The number of aryl methyl sites for hydroxylation is 1. The number of hydrogen-bond acceptors (Lipinski definition) is 6. The molecular formula is C20H20N4O4S. The largest absolute Gasteiger partial charge is 0.339 e. The molecule has 9 heteroatoms. The van der Waals surface area contributed by atoms with Crippen LogP contribution in [0.5, 0.6) is 0 Å². The molecule has 1 aliphatic heterocycles. The average molecular weight is 412 g/mol. The predicted octanol–water partition coefficient (Wildman–Crippen LogP) is 3.08. The zero-order valence-corrected chi connectivity index (χ0v) is 16.6. The van der Waals surface area contributed by atoms with Gasteiger partial charge in [-0.05, 0) is 43.2 Å². The lowest BCUT2D eigenvalue weighted by atomic mass is 10.1. The molecule has 1 N–H and O–H groups in total. The zero-order valence-electron chi connectivity index (χ0n) is 15.8. The molecule has 4 rings (SSSR count). The van der Waals surface area contributed by atoms with Crippen molar-refractivity contribution in [2.75, 3.05) is 18.4 Å². The Morgan fingerprint density at radius 2 is 1.86 bits per heavy atom. The fourth-order valence-corrected chi connectivity index (χ4v) is 4.83. The normalized spacial score (nSPS) is 14.8.